The second kappa shape index (κ2) is 6.76. The van der Waals surface area contributed by atoms with Gasteiger partial charge in [0.1, 0.15) is 5.54 Å². The molecule has 158 valence electrons. The van der Waals surface area contributed by atoms with Gasteiger partial charge in [-0.2, -0.15) is 0 Å². The van der Waals surface area contributed by atoms with Crippen molar-refractivity contribution in [1.29, 1.82) is 0 Å². The summed E-state index contributed by atoms with van der Waals surface area (Å²) in [5.41, 5.74) is 1.39. The van der Waals surface area contributed by atoms with E-state index < -0.39 is 17.4 Å². The van der Waals surface area contributed by atoms with Crippen molar-refractivity contribution in [2.45, 2.75) is 49.7 Å². The molecule has 0 unspecified atom stereocenters. The molecule has 3 heterocycles. The SMILES string of the molecule is O=C1[C@@H]2[C@@H](Cc3ccccc3)N[C@]3(C(=O)Nc4ccccc43)[C@H]2C(=O)N1C1CCCC1. The second-order valence-electron chi connectivity index (χ2n) is 9.24. The van der Waals surface area contributed by atoms with E-state index in [1.807, 2.05) is 54.6 Å². The zero-order valence-corrected chi connectivity index (χ0v) is 17.2. The lowest BCUT2D eigenvalue weighted by atomic mass is 9.76. The van der Waals surface area contributed by atoms with E-state index in [-0.39, 0.29) is 29.8 Å². The van der Waals surface area contributed by atoms with Crippen molar-refractivity contribution in [3.05, 3.63) is 65.7 Å². The van der Waals surface area contributed by atoms with Crippen molar-refractivity contribution in [3.8, 4) is 0 Å². The number of carbonyl (C=O) groups is 3. The number of anilines is 1. The molecule has 0 aromatic heterocycles. The predicted octanol–water partition coefficient (Wildman–Crippen LogP) is 2.59. The van der Waals surface area contributed by atoms with Gasteiger partial charge in [-0.1, -0.05) is 61.4 Å². The smallest absolute Gasteiger partial charge is 0.250 e. The van der Waals surface area contributed by atoms with E-state index in [9.17, 15) is 14.4 Å². The van der Waals surface area contributed by atoms with Crippen molar-refractivity contribution in [1.82, 2.24) is 10.2 Å². The molecule has 4 atom stereocenters. The number of imide groups is 1. The first kappa shape index (κ1) is 18.8. The van der Waals surface area contributed by atoms with E-state index in [0.29, 0.717) is 6.42 Å². The zero-order chi connectivity index (χ0) is 21.2. The van der Waals surface area contributed by atoms with Gasteiger partial charge in [-0.05, 0) is 30.9 Å². The normalized spacial score (nSPS) is 32.1. The minimum atomic E-state index is -1.19. The van der Waals surface area contributed by atoms with E-state index in [1.165, 1.54) is 4.90 Å². The van der Waals surface area contributed by atoms with E-state index >= 15 is 0 Å². The molecular weight excluding hydrogens is 390 g/mol. The van der Waals surface area contributed by atoms with Gasteiger partial charge in [-0.3, -0.25) is 24.6 Å². The second-order valence-corrected chi connectivity index (χ2v) is 9.24. The first-order valence-corrected chi connectivity index (χ1v) is 11.2. The highest BCUT2D eigenvalue weighted by molar-refractivity contribution is 6.15. The van der Waals surface area contributed by atoms with Gasteiger partial charge in [-0.15, -0.1) is 0 Å². The van der Waals surface area contributed by atoms with Crippen LogP contribution in [0.1, 0.15) is 36.8 Å². The molecule has 3 aliphatic heterocycles. The third-order valence-electron chi connectivity index (χ3n) is 7.64. The molecule has 4 aliphatic rings. The number of benzene rings is 2. The number of para-hydroxylation sites is 1. The van der Waals surface area contributed by atoms with Crippen LogP contribution in [0.15, 0.2) is 54.6 Å². The van der Waals surface area contributed by atoms with Gasteiger partial charge in [-0.25, -0.2) is 0 Å². The topological polar surface area (TPSA) is 78.5 Å². The molecule has 2 saturated heterocycles. The van der Waals surface area contributed by atoms with Crippen LogP contribution in [0.2, 0.25) is 0 Å². The molecule has 6 rings (SSSR count). The molecule has 3 amide bonds. The molecule has 1 spiro atoms. The van der Waals surface area contributed by atoms with E-state index in [1.54, 1.807) is 0 Å². The highest BCUT2D eigenvalue weighted by atomic mass is 16.2. The molecule has 2 aromatic rings. The van der Waals surface area contributed by atoms with Gasteiger partial charge >= 0.3 is 0 Å². The number of nitrogens with one attached hydrogen (secondary N) is 2. The molecule has 6 nitrogen and oxygen atoms in total. The van der Waals surface area contributed by atoms with Crippen molar-refractivity contribution >= 4 is 23.4 Å². The highest BCUT2D eigenvalue weighted by Gasteiger charge is 2.70. The number of amides is 3. The molecule has 6 heteroatoms. The third-order valence-corrected chi connectivity index (χ3v) is 7.64. The summed E-state index contributed by atoms with van der Waals surface area (Å²) in [7, 11) is 0. The Balaban J connectivity index is 1.47. The number of hydrogen-bond donors (Lipinski definition) is 2. The number of hydrogen-bond acceptors (Lipinski definition) is 4. The van der Waals surface area contributed by atoms with Crippen LogP contribution in [-0.4, -0.2) is 34.7 Å². The number of likely N-dealkylation sites (tertiary alicyclic amines) is 1. The number of nitrogens with zero attached hydrogens (tertiary/aromatic N) is 1. The quantitative estimate of drug-likeness (QED) is 0.756. The Labute approximate surface area is 181 Å². The molecule has 0 radical (unpaired) electrons. The Morgan fingerprint density at radius 3 is 2.39 bits per heavy atom. The maximum absolute atomic E-state index is 13.8. The number of fused-ring (bicyclic) bond motifs is 4. The molecule has 2 N–H and O–H groups in total. The fraction of sp³-hybridized carbons (Fsp3) is 0.400. The number of carbonyl (C=O) groups excluding carboxylic acids is 3. The van der Waals surface area contributed by atoms with Crippen LogP contribution >= 0.6 is 0 Å². The van der Waals surface area contributed by atoms with Gasteiger partial charge in [0.25, 0.3) is 0 Å². The summed E-state index contributed by atoms with van der Waals surface area (Å²) < 4.78 is 0. The summed E-state index contributed by atoms with van der Waals surface area (Å²) in [5, 5.41) is 6.48. The summed E-state index contributed by atoms with van der Waals surface area (Å²) in [6.45, 7) is 0. The Bertz CT molecular complexity index is 1080. The summed E-state index contributed by atoms with van der Waals surface area (Å²) in [6.07, 6.45) is 4.40. The average Bonchev–Trinajstić information content (AvgIpc) is 3.52. The van der Waals surface area contributed by atoms with Crippen molar-refractivity contribution in [3.63, 3.8) is 0 Å². The average molecular weight is 415 g/mol. The van der Waals surface area contributed by atoms with Gasteiger partial charge in [0.15, 0.2) is 0 Å². The lowest BCUT2D eigenvalue weighted by molar-refractivity contribution is -0.145. The maximum Gasteiger partial charge on any atom is 0.250 e. The predicted molar refractivity (Wildman–Crippen MR) is 115 cm³/mol. The fourth-order valence-electron chi connectivity index (χ4n) is 6.35. The maximum atomic E-state index is 13.8. The van der Waals surface area contributed by atoms with Crippen molar-refractivity contribution in [2.24, 2.45) is 11.8 Å². The van der Waals surface area contributed by atoms with Crippen LogP contribution in [0, 0.1) is 11.8 Å². The van der Waals surface area contributed by atoms with Crippen LogP contribution < -0.4 is 10.6 Å². The van der Waals surface area contributed by atoms with Gasteiger partial charge in [0.2, 0.25) is 17.7 Å². The molecule has 31 heavy (non-hydrogen) atoms. The van der Waals surface area contributed by atoms with E-state index in [2.05, 4.69) is 10.6 Å². The van der Waals surface area contributed by atoms with Crippen LogP contribution in [0.4, 0.5) is 5.69 Å². The summed E-state index contributed by atoms with van der Waals surface area (Å²) in [4.78, 5) is 42.4. The van der Waals surface area contributed by atoms with Gasteiger partial charge in [0, 0.05) is 23.3 Å². The Morgan fingerprint density at radius 1 is 0.903 bits per heavy atom. The molecule has 1 saturated carbocycles. The summed E-state index contributed by atoms with van der Waals surface area (Å²) in [5.74, 6) is -1.77. The first-order valence-electron chi connectivity index (χ1n) is 11.2. The lowest BCUT2D eigenvalue weighted by Gasteiger charge is -2.31. The molecule has 3 fully saturated rings. The Hall–Kier alpha value is -2.99. The van der Waals surface area contributed by atoms with Crippen molar-refractivity contribution in [2.75, 3.05) is 5.32 Å². The van der Waals surface area contributed by atoms with Crippen LogP contribution in [0.3, 0.4) is 0 Å². The largest absolute Gasteiger partial charge is 0.324 e. The van der Waals surface area contributed by atoms with Crippen molar-refractivity contribution < 1.29 is 14.4 Å². The Kier molecular flexibility index (Phi) is 4.09. The molecule has 0 bridgehead atoms. The van der Waals surface area contributed by atoms with Crippen LogP contribution in [0.5, 0.6) is 0 Å². The first-order chi connectivity index (χ1) is 15.1. The standard InChI is InChI=1S/C25H25N3O3/c29-22-20-19(14-15-8-2-1-3-9-15)27-25(17-12-6-7-13-18(17)26-24(25)31)21(20)23(30)28(22)16-10-4-5-11-16/h1-3,6-9,12-13,16,19-21,27H,4-5,10-11,14H2,(H,26,31)/t19-,20-,21-,25+/m1/s1. The highest BCUT2D eigenvalue weighted by Crippen LogP contribution is 2.54. The van der Waals surface area contributed by atoms with Crippen LogP contribution in [-0.2, 0) is 26.3 Å². The monoisotopic (exact) mass is 415 g/mol. The summed E-state index contributed by atoms with van der Waals surface area (Å²) >= 11 is 0. The molecule has 2 aromatic carbocycles. The van der Waals surface area contributed by atoms with E-state index in [0.717, 1.165) is 42.5 Å². The summed E-state index contributed by atoms with van der Waals surface area (Å²) in [6, 6.07) is 17.2. The third kappa shape index (κ3) is 2.51. The Morgan fingerprint density at radius 2 is 1.61 bits per heavy atom. The van der Waals surface area contributed by atoms with Gasteiger partial charge in [0.05, 0.1) is 11.8 Å². The van der Waals surface area contributed by atoms with Crippen LogP contribution in [0.25, 0.3) is 0 Å². The van der Waals surface area contributed by atoms with E-state index in [4.69, 9.17) is 0 Å². The minimum Gasteiger partial charge on any atom is -0.324 e. The zero-order valence-electron chi connectivity index (χ0n) is 17.2. The van der Waals surface area contributed by atoms with Gasteiger partial charge < -0.3 is 5.32 Å². The minimum absolute atomic E-state index is 0.0280. The molecule has 1 aliphatic carbocycles. The molecular formula is C25H25N3O3. The fourth-order valence-corrected chi connectivity index (χ4v) is 6.35. The lowest BCUT2D eigenvalue weighted by Crippen LogP contribution is -2.54. The number of rotatable bonds is 3.